The van der Waals surface area contributed by atoms with Crippen LogP contribution in [-0.4, -0.2) is 39.1 Å². The van der Waals surface area contributed by atoms with E-state index in [0.29, 0.717) is 16.5 Å². The minimum Gasteiger partial charge on any atom is -0.382 e. The van der Waals surface area contributed by atoms with Gasteiger partial charge < -0.3 is 16.4 Å². The van der Waals surface area contributed by atoms with Gasteiger partial charge in [-0.05, 0) is 37.5 Å². The third kappa shape index (κ3) is 4.07. The minimum atomic E-state index is 0.277. The number of nitrogens with zero attached hydrogens (tertiary/aromatic N) is 5. The highest BCUT2D eigenvalue weighted by Crippen LogP contribution is 2.34. The van der Waals surface area contributed by atoms with Crippen LogP contribution in [0.25, 0.3) is 11.2 Å². The SMILES string of the molecule is Nc1nccc(Sc2ccc3nc(N4CCCC(N)CC4)cnc3n2)c1Cl. The van der Waals surface area contributed by atoms with Crippen molar-refractivity contribution in [2.45, 2.75) is 35.2 Å². The Bertz CT molecular complexity index is 968. The van der Waals surface area contributed by atoms with Gasteiger partial charge in [0.15, 0.2) is 5.65 Å². The Hall–Kier alpha value is -2.16. The summed E-state index contributed by atoms with van der Waals surface area (Å²) in [4.78, 5) is 20.9. The van der Waals surface area contributed by atoms with Gasteiger partial charge in [-0.3, -0.25) is 0 Å². The van der Waals surface area contributed by atoms with Crippen LogP contribution in [0.5, 0.6) is 0 Å². The summed E-state index contributed by atoms with van der Waals surface area (Å²) in [5.41, 5.74) is 13.2. The molecule has 0 bridgehead atoms. The fourth-order valence-electron chi connectivity index (χ4n) is 3.07. The Morgan fingerprint density at radius 2 is 2.00 bits per heavy atom. The van der Waals surface area contributed by atoms with Gasteiger partial charge in [0.05, 0.1) is 11.2 Å². The Morgan fingerprint density at radius 1 is 1.11 bits per heavy atom. The standard InChI is InChI=1S/C18H20ClN7S/c19-16-13(5-7-22-17(16)21)27-15-4-3-12-18(25-15)23-10-14(24-12)26-8-1-2-11(20)6-9-26/h3-5,7,10-11H,1-2,6,8-9,20H2,(H2,21,22). The lowest BCUT2D eigenvalue weighted by atomic mass is 10.1. The molecule has 0 aromatic carbocycles. The number of nitrogen functional groups attached to an aromatic ring is 1. The van der Waals surface area contributed by atoms with Gasteiger partial charge in [-0.1, -0.05) is 23.4 Å². The van der Waals surface area contributed by atoms with Crippen LogP contribution in [0.3, 0.4) is 0 Å². The van der Waals surface area contributed by atoms with Crippen LogP contribution in [0.2, 0.25) is 5.02 Å². The van der Waals surface area contributed by atoms with Crippen LogP contribution in [0, 0.1) is 0 Å². The molecule has 0 saturated carbocycles. The third-order valence-electron chi connectivity index (χ3n) is 4.56. The van der Waals surface area contributed by atoms with Crippen molar-refractivity contribution in [2.75, 3.05) is 23.7 Å². The lowest BCUT2D eigenvalue weighted by Gasteiger charge is -2.21. The molecule has 1 saturated heterocycles. The van der Waals surface area contributed by atoms with E-state index in [0.717, 1.165) is 53.6 Å². The number of anilines is 2. The summed E-state index contributed by atoms with van der Waals surface area (Å²) in [5.74, 6) is 1.19. The quantitative estimate of drug-likeness (QED) is 0.689. The lowest BCUT2D eigenvalue weighted by Crippen LogP contribution is -2.27. The second-order valence-electron chi connectivity index (χ2n) is 6.51. The van der Waals surface area contributed by atoms with E-state index in [1.807, 2.05) is 18.2 Å². The molecule has 27 heavy (non-hydrogen) atoms. The molecule has 1 atom stereocenters. The predicted molar refractivity (Wildman–Crippen MR) is 109 cm³/mol. The van der Waals surface area contributed by atoms with Crippen LogP contribution < -0.4 is 16.4 Å². The molecule has 1 fully saturated rings. The van der Waals surface area contributed by atoms with E-state index < -0.39 is 0 Å². The van der Waals surface area contributed by atoms with Crippen molar-refractivity contribution in [1.82, 2.24) is 19.9 Å². The van der Waals surface area contributed by atoms with E-state index in [4.69, 9.17) is 28.1 Å². The monoisotopic (exact) mass is 401 g/mol. The highest BCUT2D eigenvalue weighted by molar-refractivity contribution is 7.99. The van der Waals surface area contributed by atoms with Crippen molar-refractivity contribution in [2.24, 2.45) is 5.73 Å². The molecule has 3 aromatic rings. The zero-order valence-corrected chi connectivity index (χ0v) is 16.2. The van der Waals surface area contributed by atoms with Crippen LogP contribution in [0.15, 0.2) is 40.5 Å². The Labute approximate surface area is 166 Å². The average Bonchev–Trinajstić information content (AvgIpc) is 2.89. The van der Waals surface area contributed by atoms with Crippen molar-refractivity contribution < 1.29 is 0 Å². The molecule has 0 amide bonds. The molecule has 4 N–H and O–H groups in total. The molecule has 1 aliphatic heterocycles. The number of nitrogens with two attached hydrogens (primary N) is 2. The van der Waals surface area contributed by atoms with Crippen LogP contribution >= 0.6 is 23.4 Å². The molecule has 0 aliphatic carbocycles. The maximum absolute atomic E-state index is 6.21. The molecule has 1 unspecified atom stereocenters. The molecule has 4 heterocycles. The molecular formula is C18H20ClN7S. The van der Waals surface area contributed by atoms with Crippen molar-refractivity contribution in [3.63, 3.8) is 0 Å². The lowest BCUT2D eigenvalue weighted by molar-refractivity contribution is 0.601. The summed E-state index contributed by atoms with van der Waals surface area (Å²) >= 11 is 7.64. The van der Waals surface area contributed by atoms with Gasteiger partial charge in [-0.15, -0.1) is 0 Å². The fourth-order valence-corrected chi connectivity index (χ4v) is 4.11. The Kier molecular flexibility index (Phi) is 5.29. The van der Waals surface area contributed by atoms with Crippen LogP contribution in [-0.2, 0) is 0 Å². The maximum Gasteiger partial charge on any atom is 0.179 e. The zero-order valence-electron chi connectivity index (χ0n) is 14.7. The molecule has 4 rings (SSSR count). The minimum absolute atomic E-state index is 0.277. The molecule has 0 spiro atoms. The number of hydrogen-bond donors (Lipinski definition) is 2. The van der Waals surface area contributed by atoms with Gasteiger partial charge in [-0.25, -0.2) is 19.9 Å². The number of pyridine rings is 2. The zero-order chi connectivity index (χ0) is 18.8. The third-order valence-corrected chi connectivity index (χ3v) is 6.06. The first kappa shape index (κ1) is 18.2. The predicted octanol–water partition coefficient (Wildman–Crippen LogP) is 3.12. The van der Waals surface area contributed by atoms with Gasteiger partial charge in [0, 0.05) is 30.2 Å². The van der Waals surface area contributed by atoms with Crippen LogP contribution in [0.1, 0.15) is 19.3 Å². The van der Waals surface area contributed by atoms with E-state index in [1.165, 1.54) is 11.8 Å². The normalized spacial score (nSPS) is 17.9. The second kappa shape index (κ2) is 7.84. The smallest absolute Gasteiger partial charge is 0.179 e. The van der Waals surface area contributed by atoms with Crippen molar-refractivity contribution >= 4 is 46.2 Å². The molecule has 140 valence electrons. The average molecular weight is 402 g/mol. The summed E-state index contributed by atoms with van der Waals surface area (Å²) in [7, 11) is 0. The second-order valence-corrected chi connectivity index (χ2v) is 7.95. The molecular weight excluding hydrogens is 382 g/mol. The first-order valence-electron chi connectivity index (χ1n) is 8.82. The molecule has 0 radical (unpaired) electrons. The molecule has 9 heteroatoms. The summed E-state index contributed by atoms with van der Waals surface area (Å²) in [6, 6.07) is 5.94. The van der Waals surface area contributed by atoms with E-state index in [-0.39, 0.29) is 6.04 Å². The largest absolute Gasteiger partial charge is 0.382 e. The van der Waals surface area contributed by atoms with Gasteiger partial charge in [0.25, 0.3) is 0 Å². The molecule has 1 aliphatic rings. The van der Waals surface area contributed by atoms with E-state index in [9.17, 15) is 0 Å². The number of rotatable bonds is 3. The van der Waals surface area contributed by atoms with E-state index in [2.05, 4.69) is 19.9 Å². The summed E-state index contributed by atoms with van der Waals surface area (Å²) < 4.78 is 0. The first-order valence-corrected chi connectivity index (χ1v) is 10.0. The fraction of sp³-hybridized carbons (Fsp3) is 0.333. The maximum atomic E-state index is 6.21. The highest BCUT2D eigenvalue weighted by Gasteiger charge is 2.16. The van der Waals surface area contributed by atoms with Gasteiger partial charge in [0.1, 0.15) is 22.2 Å². The number of halogens is 1. The van der Waals surface area contributed by atoms with Crippen molar-refractivity contribution in [3.8, 4) is 0 Å². The van der Waals surface area contributed by atoms with E-state index in [1.54, 1.807) is 12.4 Å². The number of fused-ring (bicyclic) bond motifs is 1. The van der Waals surface area contributed by atoms with Crippen molar-refractivity contribution in [3.05, 3.63) is 35.6 Å². The van der Waals surface area contributed by atoms with Gasteiger partial charge >= 0.3 is 0 Å². The van der Waals surface area contributed by atoms with Crippen molar-refractivity contribution in [1.29, 1.82) is 0 Å². The number of hydrogen-bond acceptors (Lipinski definition) is 8. The van der Waals surface area contributed by atoms with Gasteiger partial charge in [0.2, 0.25) is 0 Å². The summed E-state index contributed by atoms with van der Waals surface area (Å²) in [6.07, 6.45) is 6.53. The van der Waals surface area contributed by atoms with E-state index >= 15 is 0 Å². The molecule has 3 aromatic heterocycles. The topological polar surface area (TPSA) is 107 Å². The summed E-state index contributed by atoms with van der Waals surface area (Å²) in [5, 5.41) is 1.21. The van der Waals surface area contributed by atoms with Crippen LogP contribution in [0.4, 0.5) is 11.6 Å². The molecule has 7 nitrogen and oxygen atoms in total. The first-order chi connectivity index (χ1) is 13.1. The Balaban J connectivity index is 1.57. The number of aromatic nitrogens is 4. The summed E-state index contributed by atoms with van der Waals surface area (Å²) in [6.45, 7) is 1.86. The highest BCUT2D eigenvalue weighted by atomic mass is 35.5. The Morgan fingerprint density at radius 3 is 2.89 bits per heavy atom. The van der Waals surface area contributed by atoms with Gasteiger partial charge in [-0.2, -0.15) is 0 Å².